The molecule has 0 aliphatic carbocycles. The van der Waals surface area contributed by atoms with Gasteiger partial charge in [0.15, 0.2) is 0 Å². The molecule has 0 rings (SSSR count). The van der Waals surface area contributed by atoms with Gasteiger partial charge in [-0.1, -0.05) is 264 Å². The van der Waals surface area contributed by atoms with Crippen molar-refractivity contribution in [2.45, 2.75) is 309 Å². The normalized spacial score (nSPS) is 14.0. The lowest BCUT2D eigenvalue weighted by molar-refractivity contribution is -0.870. The van der Waals surface area contributed by atoms with Crippen molar-refractivity contribution < 1.29 is 32.9 Å². The van der Waals surface area contributed by atoms with E-state index in [-0.39, 0.29) is 19.1 Å². The van der Waals surface area contributed by atoms with Gasteiger partial charge in [0.05, 0.1) is 39.9 Å². The minimum atomic E-state index is -4.30. The number of quaternary nitrogens is 1. The zero-order chi connectivity index (χ0) is 48.5. The van der Waals surface area contributed by atoms with Gasteiger partial charge in [0.25, 0.3) is 0 Å². The van der Waals surface area contributed by atoms with Gasteiger partial charge in [-0.2, -0.15) is 0 Å². The molecule has 0 saturated carbocycles. The number of carbonyl (C=O) groups is 1. The quantitative estimate of drug-likeness (QED) is 0.0243. The molecule has 0 aliphatic rings. The Labute approximate surface area is 412 Å². The van der Waals surface area contributed by atoms with Crippen molar-refractivity contribution in [1.29, 1.82) is 0 Å². The van der Waals surface area contributed by atoms with Gasteiger partial charge in [-0.25, -0.2) is 4.57 Å². The van der Waals surface area contributed by atoms with E-state index in [1.807, 2.05) is 21.1 Å². The molecule has 3 unspecified atom stereocenters. The number of amides is 1. The maximum Gasteiger partial charge on any atom is 0.472 e. The van der Waals surface area contributed by atoms with Crippen LogP contribution in [-0.2, 0) is 18.4 Å². The first-order valence-electron chi connectivity index (χ1n) is 29.1. The van der Waals surface area contributed by atoms with E-state index in [0.29, 0.717) is 23.9 Å². The summed E-state index contributed by atoms with van der Waals surface area (Å²) >= 11 is 0. The summed E-state index contributed by atoms with van der Waals surface area (Å²) in [6.07, 6.45) is 60.8. The van der Waals surface area contributed by atoms with Gasteiger partial charge in [0.1, 0.15) is 13.2 Å². The van der Waals surface area contributed by atoms with Crippen molar-refractivity contribution in [2.75, 3.05) is 40.9 Å². The molecule has 0 bridgehead atoms. The lowest BCUT2D eigenvalue weighted by atomic mass is 10.0. The van der Waals surface area contributed by atoms with Crippen molar-refractivity contribution in [1.82, 2.24) is 5.32 Å². The SMILES string of the molecule is CCCCCCCCCC/C=C\CCCCCCCCCCCCCCCCCCCCCCCCCCCCCC(=O)NC(COP(=O)(O)OCC[N+](C)(C)C)C(O)CCCCCCC. The standard InChI is InChI=1S/C57H115N2O6P/c1-6-8-10-12-13-14-15-16-17-18-19-20-21-22-23-24-25-26-27-28-29-30-31-32-33-34-35-36-37-38-39-40-41-42-43-44-45-47-49-51-57(61)58-55(56(60)50-48-46-11-9-7-2)54-65-66(62,63)64-53-52-59(3,4)5/h18-19,55-56,60H,6-17,20-54H2,1-5H3,(H-,58,61,62,63)/p+1/b19-18-. The van der Waals surface area contributed by atoms with Crippen LogP contribution in [0.4, 0.5) is 0 Å². The molecule has 0 aromatic carbocycles. The molecule has 66 heavy (non-hydrogen) atoms. The molecule has 3 atom stereocenters. The van der Waals surface area contributed by atoms with Crippen LogP contribution >= 0.6 is 7.82 Å². The van der Waals surface area contributed by atoms with Gasteiger partial charge in [0, 0.05) is 6.42 Å². The van der Waals surface area contributed by atoms with Crippen LogP contribution in [0.5, 0.6) is 0 Å². The van der Waals surface area contributed by atoms with Crippen LogP contribution in [-0.4, -0.2) is 73.4 Å². The maximum atomic E-state index is 12.8. The van der Waals surface area contributed by atoms with E-state index in [0.717, 1.165) is 51.4 Å². The Balaban J connectivity index is 3.63. The molecular formula is C57H116N2O6P+. The molecule has 0 saturated heterocycles. The lowest BCUT2D eigenvalue weighted by Gasteiger charge is -2.26. The molecule has 0 fully saturated rings. The summed E-state index contributed by atoms with van der Waals surface area (Å²) in [5, 5.41) is 13.8. The highest BCUT2D eigenvalue weighted by molar-refractivity contribution is 7.47. The number of phosphoric ester groups is 1. The molecule has 0 spiro atoms. The topological polar surface area (TPSA) is 105 Å². The smallest absolute Gasteiger partial charge is 0.391 e. The van der Waals surface area contributed by atoms with Crippen molar-refractivity contribution in [3.05, 3.63) is 12.2 Å². The number of hydrogen-bond acceptors (Lipinski definition) is 5. The number of phosphoric acid groups is 1. The molecule has 8 nitrogen and oxygen atoms in total. The highest BCUT2D eigenvalue weighted by Gasteiger charge is 2.28. The molecule has 394 valence electrons. The number of nitrogens with one attached hydrogen (secondary N) is 1. The first-order valence-corrected chi connectivity index (χ1v) is 30.5. The Kier molecular flexibility index (Phi) is 48.7. The molecule has 0 aromatic heterocycles. The average molecular weight is 957 g/mol. The molecule has 1 amide bonds. The summed E-state index contributed by atoms with van der Waals surface area (Å²) in [4.78, 5) is 23.0. The zero-order valence-corrected chi connectivity index (χ0v) is 45.9. The van der Waals surface area contributed by atoms with E-state index in [9.17, 15) is 19.4 Å². The fourth-order valence-corrected chi connectivity index (χ4v) is 9.66. The highest BCUT2D eigenvalue weighted by atomic mass is 31.2. The monoisotopic (exact) mass is 956 g/mol. The van der Waals surface area contributed by atoms with E-state index >= 15 is 0 Å². The first-order chi connectivity index (χ1) is 32.0. The third kappa shape index (κ3) is 51.1. The van der Waals surface area contributed by atoms with E-state index < -0.39 is 20.0 Å². The highest BCUT2D eigenvalue weighted by Crippen LogP contribution is 2.43. The van der Waals surface area contributed by atoms with Crippen molar-refractivity contribution in [2.24, 2.45) is 0 Å². The second-order valence-corrected chi connectivity index (χ2v) is 22.8. The van der Waals surface area contributed by atoms with Gasteiger partial charge >= 0.3 is 7.82 Å². The summed E-state index contributed by atoms with van der Waals surface area (Å²) in [7, 11) is 1.62. The number of likely N-dealkylation sites (N-methyl/N-ethyl adjacent to an activating group) is 1. The third-order valence-electron chi connectivity index (χ3n) is 13.5. The number of aliphatic hydroxyl groups is 1. The van der Waals surface area contributed by atoms with Crippen LogP contribution < -0.4 is 5.32 Å². The minimum Gasteiger partial charge on any atom is -0.391 e. The third-order valence-corrected chi connectivity index (χ3v) is 14.5. The molecule has 0 heterocycles. The largest absolute Gasteiger partial charge is 0.472 e. The number of allylic oxidation sites excluding steroid dienone is 2. The molecule has 0 aliphatic heterocycles. The number of unbranched alkanes of at least 4 members (excludes halogenated alkanes) is 39. The second kappa shape index (κ2) is 49.2. The van der Waals surface area contributed by atoms with Crippen molar-refractivity contribution in [3.8, 4) is 0 Å². The predicted octanol–water partition coefficient (Wildman–Crippen LogP) is 17.4. The zero-order valence-electron chi connectivity index (χ0n) is 45.0. The number of aliphatic hydroxyl groups excluding tert-OH is 1. The maximum absolute atomic E-state index is 12.8. The van der Waals surface area contributed by atoms with Crippen LogP contribution in [0.3, 0.4) is 0 Å². The van der Waals surface area contributed by atoms with Crippen molar-refractivity contribution in [3.63, 3.8) is 0 Å². The van der Waals surface area contributed by atoms with E-state index in [2.05, 4.69) is 31.3 Å². The van der Waals surface area contributed by atoms with Gasteiger partial charge in [-0.15, -0.1) is 0 Å². The van der Waals surface area contributed by atoms with Crippen molar-refractivity contribution >= 4 is 13.7 Å². The summed E-state index contributed by atoms with van der Waals surface area (Å²) in [6, 6.07) is -0.752. The molecule has 0 aromatic rings. The fourth-order valence-electron chi connectivity index (χ4n) is 8.93. The van der Waals surface area contributed by atoms with Crippen LogP contribution in [0.25, 0.3) is 0 Å². The van der Waals surface area contributed by atoms with E-state index in [4.69, 9.17) is 9.05 Å². The Hall–Kier alpha value is -0.760. The van der Waals surface area contributed by atoms with Crippen LogP contribution in [0.1, 0.15) is 296 Å². The molecule has 9 heteroatoms. The Morgan fingerprint density at radius 2 is 0.818 bits per heavy atom. The van der Waals surface area contributed by atoms with Gasteiger partial charge < -0.3 is 19.8 Å². The Morgan fingerprint density at radius 3 is 1.17 bits per heavy atom. The first kappa shape index (κ1) is 65.2. The molecule has 0 radical (unpaired) electrons. The molecule has 3 N–H and O–H groups in total. The summed E-state index contributed by atoms with van der Waals surface area (Å²) in [6.45, 7) is 4.82. The van der Waals surface area contributed by atoms with Crippen LogP contribution in [0, 0.1) is 0 Å². The second-order valence-electron chi connectivity index (χ2n) is 21.4. The fraction of sp³-hybridized carbons (Fsp3) is 0.947. The van der Waals surface area contributed by atoms with Gasteiger partial charge in [-0.05, 0) is 38.5 Å². The summed E-state index contributed by atoms with van der Waals surface area (Å²) < 4.78 is 23.5. The van der Waals surface area contributed by atoms with Crippen LogP contribution in [0.2, 0.25) is 0 Å². The van der Waals surface area contributed by atoms with Gasteiger partial charge in [-0.3, -0.25) is 13.8 Å². The predicted molar refractivity (Wildman–Crippen MR) is 286 cm³/mol. The Bertz CT molecular complexity index is 1080. The van der Waals surface area contributed by atoms with E-state index in [1.165, 1.54) is 218 Å². The number of carbonyl (C=O) groups excluding carboxylic acids is 1. The van der Waals surface area contributed by atoms with Gasteiger partial charge in [0.2, 0.25) is 5.91 Å². The van der Waals surface area contributed by atoms with E-state index in [1.54, 1.807) is 0 Å². The lowest BCUT2D eigenvalue weighted by Crippen LogP contribution is -2.46. The summed E-state index contributed by atoms with van der Waals surface area (Å²) in [5.74, 6) is -0.146. The number of hydrogen-bond donors (Lipinski definition) is 3. The molecular weight excluding hydrogens is 840 g/mol. The number of nitrogens with zero attached hydrogens (tertiary/aromatic N) is 1. The summed E-state index contributed by atoms with van der Waals surface area (Å²) in [5.41, 5.74) is 0. The minimum absolute atomic E-state index is 0.0768. The Morgan fingerprint density at radius 1 is 0.500 bits per heavy atom. The number of rotatable bonds is 54. The van der Waals surface area contributed by atoms with Crippen LogP contribution in [0.15, 0.2) is 12.2 Å². The average Bonchev–Trinajstić information content (AvgIpc) is 3.27.